The molecule has 0 fully saturated rings. The van der Waals surface area contributed by atoms with Gasteiger partial charge in [-0.15, -0.1) is 0 Å². The van der Waals surface area contributed by atoms with Crippen LogP contribution >= 0.6 is 0 Å². The van der Waals surface area contributed by atoms with Gasteiger partial charge in [-0.2, -0.15) is 5.26 Å². The Kier molecular flexibility index (Phi) is 10.7. The maximum atomic E-state index is 10.0. The number of pyridine rings is 1. The van der Waals surface area contributed by atoms with Gasteiger partial charge in [0.15, 0.2) is 0 Å². The highest BCUT2D eigenvalue weighted by molar-refractivity contribution is 6.13. The quantitative estimate of drug-likeness (QED) is 0.160. The molecule has 0 aliphatic carbocycles. The van der Waals surface area contributed by atoms with Gasteiger partial charge in [0.2, 0.25) is 0 Å². The molecule has 3 heterocycles. The van der Waals surface area contributed by atoms with Gasteiger partial charge < -0.3 is 4.57 Å². The zero-order chi connectivity index (χ0) is 49.5. The fourth-order valence-corrected chi connectivity index (χ4v) is 11.5. The van der Waals surface area contributed by atoms with Crippen molar-refractivity contribution >= 4 is 43.6 Å². The Morgan fingerprint density at radius 2 is 0.667 bits per heavy atom. The minimum absolute atomic E-state index is 0.614. The second-order valence-corrected chi connectivity index (χ2v) is 20.1. The highest BCUT2D eigenvalue weighted by Crippen LogP contribution is 2.43. The lowest BCUT2D eigenvalue weighted by molar-refractivity contribution is 1.06. The van der Waals surface area contributed by atoms with Crippen LogP contribution in [0.25, 0.3) is 111 Å². The molecule has 0 amide bonds. The van der Waals surface area contributed by atoms with Crippen molar-refractivity contribution in [1.29, 1.82) is 5.26 Å². The van der Waals surface area contributed by atoms with Gasteiger partial charge in [-0.1, -0.05) is 156 Å². The molecule has 0 N–H and O–H groups in total. The van der Waals surface area contributed by atoms with E-state index in [-0.39, 0.29) is 0 Å². The van der Waals surface area contributed by atoms with E-state index >= 15 is 0 Å². The minimum Gasteiger partial charge on any atom is -0.307 e. The van der Waals surface area contributed by atoms with Gasteiger partial charge in [0.25, 0.3) is 0 Å². The molecule has 4 heteroatoms. The smallest absolute Gasteiger partial charge is 0.138 e. The number of hydrogen-bond donors (Lipinski definition) is 0. The molecule has 3 aromatic heterocycles. The molecule has 0 saturated carbocycles. The largest absolute Gasteiger partial charge is 0.307 e. The standard InChI is InChI=1S/C68H54N4/c1-40-9-21-54(44(5)29-40)50-17-25-58-59-26-18-51(55-22-10-41(2)30-45(55)6)34-64(59)71(63(58)33-50)67-39-70-68(37-62(67)49-15-13-48(38-69)14-16-49)72-65-35-52(56-23-11-42(3)31-46(56)7)19-27-60(65)61-28-20-53(36-66(61)72)57-24-12-43(4)32-47(57)8/h9-37,39H,1-8H3. The second-order valence-electron chi connectivity index (χ2n) is 20.1. The topological polar surface area (TPSA) is 46.5 Å². The average molecular weight is 927 g/mol. The third kappa shape index (κ3) is 7.49. The Balaban J connectivity index is 1.17. The monoisotopic (exact) mass is 926 g/mol. The Bertz CT molecular complexity index is 4030. The molecule has 12 rings (SSSR count). The first-order chi connectivity index (χ1) is 34.9. The van der Waals surface area contributed by atoms with Crippen molar-refractivity contribution in [3.63, 3.8) is 0 Å². The van der Waals surface area contributed by atoms with E-state index in [0.29, 0.717) is 5.56 Å². The molecule has 346 valence electrons. The molecular formula is C68H54N4. The summed E-state index contributed by atoms with van der Waals surface area (Å²) in [7, 11) is 0. The summed E-state index contributed by atoms with van der Waals surface area (Å²) >= 11 is 0. The summed E-state index contributed by atoms with van der Waals surface area (Å²) in [5, 5.41) is 14.7. The van der Waals surface area contributed by atoms with E-state index in [1.165, 1.54) is 77.5 Å². The first-order valence-corrected chi connectivity index (χ1v) is 24.9. The van der Waals surface area contributed by atoms with Crippen LogP contribution in [0.5, 0.6) is 0 Å². The Morgan fingerprint density at radius 3 is 1.00 bits per heavy atom. The maximum Gasteiger partial charge on any atom is 0.138 e. The van der Waals surface area contributed by atoms with E-state index < -0.39 is 0 Å². The molecular weight excluding hydrogens is 873 g/mol. The molecule has 9 aromatic carbocycles. The number of benzene rings is 9. The van der Waals surface area contributed by atoms with Crippen molar-refractivity contribution in [1.82, 2.24) is 14.1 Å². The molecule has 0 saturated heterocycles. The molecule has 0 radical (unpaired) electrons. The van der Waals surface area contributed by atoms with Gasteiger partial charge >= 0.3 is 0 Å². The number of hydrogen-bond acceptors (Lipinski definition) is 2. The van der Waals surface area contributed by atoms with Crippen LogP contribution in [-0.4, -0.2) is 14.1 Å². The maximum absolute atomic E-state index is 10.0. The van der Waals surface area contributed by atoms with Crippen LogP contribution in [0.4, 0.5) is 0 Å². The predicted molar refractivity (Wildman–Crippen MR) is 303 cm³/mol. The summed E-state index contributed by atoms with van der Waals surface area (Å²) in [5.74, 6) is 0.807. The molecule has 0 aliphatic rings. The van der Waals surface area contributed by atoms with Crippen LogP contribution in [0.2, 0.25) is 0 Å². The zero-order valence-electron chi connectivity index (χ0n) is 42.1. The minimum atomic E-state index is 0.614. The second kappa shape index (κ2) is 17.3. The molecule has 0 bridgehead atoms. The summed E-state index contributed by atoms with van der Waals surface area (Å²) in [5.41, 5.74) is 27.4. The summed E-state index contributed by atoms with van der Waals surface area (Å²) in [4.78, 5) is 5.57. The Morgan fingerprint density at radius 1 is 0.333 bits per heavy atom. The van der Waals surface area contributed by atoms with Gasteiger partial charge in [0, 0.05) is 27.1 Å². The first kappa shape index (κ1) is 44.4. The van der Waals surface area contributed by atoms with Crippen molar-refractivity contribution in [2.45, 2.75) is 55.4 Å². The van der Waals surface area contributed by atoms with Crippen molar-refractivity contribution in [2.75, 3.05) is 0 Å². The summed E-state index contributed by atoms with van der Waals surface area (Å²) in [6, 6.07) is 67.1. The third-order valence-electron chi connectivity index (χ3n) is 15.0. The lowest BCUT2D eigenvalue weighted by Gasteiger charge is -2.18. The first-order valence-electron chi connectivity index (χ1n) is 24.9. The van der Waals surface area contributed by atoms with Crippen molar-refractivity contribution < 1.29 is 0 Å². The fraction of sp³-hybridized carbons (Fsp3) is 0.118. The van der Waals surface area contributed by atoms with Gasteiger partial charge in [-0.3, -0.25) is 4.57 Å². The highest BCUT2D eigenvalue weighted by Gasteiger charge is 2.22. The van der Waals surface area contributed by atoms with E-state index in [0.717, 1.165) is 77.7 Å². The number of aromatic nitrogens is 3. The van der Waals surface area contributed by atoms with E-state index in [4.69, 9.17) is 4.98 Å². The van der Waals surface area contributed by atoms with Crippen LogP contribution in [-0.2, 0) is 0 Å². The predicted octanol–water partition coefficient (Wildman–Crippen LogP) is 17.9. The lowest BCUT2D eigenvalue weighted by atomic mass is 9.96. The summed E-state index contributed by atoms with van der Waals surface area (Å²) < 4.78 is 4.79. The molecule has 12 aromatic rings. The zero-order valence-corrected chi connectivity index (χ0v) is 42.1. The van der Waals surface area contributed by atoms with Crippen molar-refractivity contribution in [2.24, 2.45) is 0 Å². The van der Waals surface area contributed by atoms with E-state index in [1.54, 1.807) is 0 Å². The van der Waals surface area contributed by atoms with Crippen LogP contribution in [0.1, 0.15) is 50.1 Å². The van der Waals surface area contributed by atoms with Crippen molar-refractivity contribution in [3.8, 4) is 73.2 Å². The molecule has 0 spiro atoms. The SMILES string of the molecule is Cc1ccc(-c2ccc3c4ccc(-c5ccc(C)cc5C)cc4n(-c4cc(-c5ccc(C#N)cc5)c(-n5c6cc(-c7ccc(C)cc7C)ccc6c6ccc(-c7ccc(C)cc7C)cc65)cn4)c3c2)c(C)c1. The lowest BCUT2D eigenvalue weighted by Crippen LogP contribution is -2.04. The Labute approximate surface area is 421 Å². The highest BCUT2D eigenvalue weighted by atomic mass is 15.1. The normalized spacial score (nSPS) is 11.6. The number of aryl methyl sites for hydroxylation is 8. The number of nitrogens with zero attached hydrogens (tertiary/aromatic N) is 4. The van der Waals surface area contributed by atoms with Crippen LogP contribution in [0.3, 0.4) is 0 Å². The number of rotatable bonds is 7. The average Bonchev–Trinajstić information content (AvgIpc) is 3.87. The van der Waals surface area contributed by atoms with E-state index in [2.05, 4.69) is 241 Å². The number of nitriles is 1. The molecule has 0 aliphatic heterocycles. The molecule has 0 unspecified atom stereocenters. The summed E-state index contributed by atoms with van der Waals surface area (Å²) in [6.45, 7) is 17.4. The van der Waals surface area contributed by atoms with Crippen LogP contribution in [0, 0.1) is 66.7 Å². The fourth-order valence-electron chi connectivity index (χ4n) is 11.5. The van der Waals surface area contributed by atoms with Gasteiger partial charge in [-0.05, 0) is 170 Å². The molecule has 72 heavy (non-hydrogen) atoms. The van der Waals surface area contributed by atoms with Gasteiger partial charge in [-0.25, -0.2) is 4.98 Å². The van der Waals surface area contributed by atoms with Gasteiger partial charge in [0.05, 0.1) is 45.6 Å². The van der Waals surface area contributed by atoms with Crippen molar-refractivity contribution in [3.05, 3.63) is 232 Å². The molecule has 0 atom stereocenters. The van der Waals surface area contributed by atoms with Gasteiger partial charge in [0.1, 0.15) is 5.82 Å². The molecule has 4 nitrogen and oxygen atoms in total. The van der Waals surface area contributed by atoms with E-state index in [9.17, 15) is 5.26 Å². The number of fused-ring (bicyclic) bond motifs is 6. The van der Waals surface area contributed by atoms with Crippen LogP contribution < -0.4 is 0 Å². The Hall–Kier alpha value is -8.78. The van der Waals surface area contributed by atoms with E-state index in [1.807, 2.05) is 12.1 Å². The van der Waals surface area contributed by atoms with Crippen LogP contribution in [0.15, 0.2) is 182 Å². The third-order valence-corrected chi connectivity index (χ3v) is 15.0. The summed E-state index contributed by atoms with van der Waals surface area (Å²) in [6.07, 6.45) is 2.08.